The van der Waals surface area contributed by atoms with E-state index in [1.165, 1.54) is 23.6 Å². The zero-order valence-corrected chi connectivity index (χ0v) is 10.7. The number of hydrogen-bond donors (Lipinski definition) is 1. The van der Waals surface area contributed by atoms with Crippen LogP contribution in [0.15, 0.2) is 16.9 Å². The van der Waals surface area contributed by atoms with Gasteiger partial charge in [0, 0.05) is 13.2 Å². The molecule has 18 heavy (non-hydrogen) atoms. The number of rotatable bonds is 5. The Hall–Kier alpha value is -1.20. The predicted octanol–water partition coefficient (Wildman–Crippen LogP) is 0.941. The molecule has 0 amide bonds. The summed E-state index contributed by atoms with van der Waals surface area (Å²) in [4.78, 5) is 11.7. The normalized spacial score (nSPS) is 18.1. The maximum Gasteiger partial charge on any atom is 0.266 e. The van der Waals surface area contributed by atoms with Gasteiger partial charge in [-0.1, -0.05) is 12.8 Å². The third-order valence-corrected chi connectivity index (χ3v) is 3.67. The van der Waals surface area contributed by atoms with Crippen molar-refractivity contribution in [2.45, 2.75) is 44.9 Å². The summed E-state index contributed by atoms with van der Waals surface area (Å²) in [6.45, 7) is 0.315. The lowest BCUT2D eigenvalue weighted by atomic mass is 10.0. The molecule has 0 bridgehead atoms. The molecule has 0 aliphatic heterocycles. The second-order valence-corrected chi connectivity index (χ2v) is 4.82. The fourth-order valence-corrected chi connectivity index (χ4v) is 2.62. The number of nitrogens with zero attached hydrogens (tertiary/aromatic N) is 2. The first kappa shape index (κ1) is 13.2. The predicted molar refractivity (Wildman–Crippen MR) is 67.2 cm³/mol. The van der Waals surface area contributed by atoms with Crippen LogP contribution in [0.1, 0.15) is 31.4 Å². The molecule has 1 heterocycles. The Bertz CT molecular complexity index is 438. The zero-order valence-electron chi connectivity index (χ0n) is 10.7. The first-order valence-corrected chi connectivity index (χ1v) is 6.45. The monoisotopic (exact) mass is 252 g/mol. The molecular weight excluding hydrogens is 232 g/mol. The van der Waals surface area contributed by atoms with Crippen molar-refractivity contribution in [3.8, 4) is 0 Å². The van der Waals surface area contributed by atoms with E-state index >= 15 is 0 Å². The molecule has 0 radical (unpaired) electrons. The lowest BCUT2D eigenvalue weighted by Gasteiger charge is -2.22. The maximum atomic E-state index is 11.7. The molecule has 5 nitrogen and oxygen atoms in total. The molecule has 1 aromatic rings. The molecule has 100 valence electrons. The standard InChI is InChI=1S/C13H20N2O3/c1-18-12(10-4-2-3-5-10)8-15-13(17)7-6-11(9-16)14-15/h6-7,10,12,16H,2-5,8-9H2,1H3. The van der Waals surface area contributed by atoms with Crippen molar-refractivity contribution >= 4 is 0 Å². The molecule has 2 rings (SSSR count). The van der Waals surface area contributed by atoms with E-state index < -0.39 is 0 Å². The van der Waals surface area contributed by atoms with Crippen LogP contribution in [0.3, 0.4) is 0 Å². The summed E-state index contributed by atoms with van der Waals surface area (Å²) in [7, 11) is 1.68. The lowest BCUT2D eigenvalue weighted by Crippen LogP contribution is -2.33. The Morgan fingerprint density at radius 2 is 2.22 bits per heavy atom. The average Bonchev–Trinajstić information content (AvgIpc) is 2.91. The summed E-state index contributed by atoms with van der Waals surface area (Å²) in [5.74, 6) is 0.515. The van der Waals surface area contributed by atoms with Gasteiger partial charge in [0.05, 0.1) is 24.9 Å². The van der Waals surface area contributed by atoms with Crippen LogP contribution >= 0.6 is 0 Å². The molecule has 1 fully saturated rings. The van der Waals surface area contributed by atoms with Gasteiger partial charge < -0.3 is 9.84 Å². The molecule has 1 atom stereocenters. The van der Waals surface area contributed by atoms with E-state index in [2.05, 4.69) is 5.10 Å². The van der Waals surface area contributed by atoms with Crippen molar-refractivity contribution in [2.75, 3.05) is 7.11 Å². The quantitative estimate of drug-likeness (QED) is 0.847. The smallest absolute Gasteiger partial charge is 0.266 e. The Labute approximate surface area is 106 Å². The Kier molecular flexibility index (Phi) is 4.49. The van der Waals surface area contributed by atoms with Crippen molar-refractivity contribution in [3.63, 3.8) is 0 Å². The lowest BCUT2D eigenvalue weighted by molar-refractivity contribution is 0.0366. The summed E-state index contributed by atoms with van der Waals surface area (Å²) >= 11 is 0. The van der Waals surface area contributed by atoms with Crippen LogP contribution in [0.4, 0.5) is 0 Å². The van der Waals surface area contributed by atoms with Crippen molar-refractivity contribution in [2.24, 2.45) is 5.92 Å². The summed E-state index contributed by atoms with van der Waals surface area (Å²) in [6.07, 6.45) is 4.83. The second kappa shape index (κ2) is 6.11. The number of hydrogen-bond acceptors (Lipinski definition) is 4. The van der Waals surface area contributed by atoms with Gasteiger partial charge in [-0.2, -0.15) is 5.10 Å². The van der Waals surface area contributed by atoms with E-state index in [0.717, 1.165) is 12.8 Å². The molecule has 0 saturated heterocycles. The van der Waals surface area contributed by atoms with Gasteiger partial charge in [-0.3, -0.25) is 4.79 Å². The second-order valence-electron chi connectivity index (χ2n) is 4.82. The van der Waals surface area contributed by atoms with Crippen LogP contribution in [0.2, 0.25) is 0 Å². The van der Waals surface area contributed by atoms with Gasteiger partial charge in [-0.15, -0.1) is 0 Å². The highest BCUT2D eigenvalue weighted by atomic mass is 16.5. The molecule has 1 unspecified atom stereocenters. The van der Waals surface area contributed by atoms with Crippen molar-refractivity contribution < 1.29 is 9.84 Å². The van der Waals surface area contributed by atoms with Crippen LogP contribution in [0, 0.1) is 5.92 Å². The van der Waals surface area contributed by atoms with Gasteiger partial charge in [0.25, 0.3) is 5.56 Å². The van der Waals surface area contributed by atoms with Crippen LogP contribution in [0.5, 0.6) is 0 Å². The van der Waals surface area contributed by atoms with E-state index in [-0.39, 0.29) is 18.3 Å². The van der Waals surface area contributed by atoms with E-state index in [4.69, 9.17) is 9.84 Å². The van der Waals surface area contributed by atoms with Crippen molar-refractivity contribution in [3.05, 3.63) is 28.2 Å². The van der Waals surface area contributed by atoms with Crippen molar-refractivity contribution in [1.82, 2.24) is 9.78 Å². The minimum Gasteiger partial charge on any atom is -0.390 e. The first-order valence-electron chi connectivity index (χ1n) is 6.45. The van der Waals surface area contributed by atoms with Gasteiger partial charge >= 0.3 is 0 Å². The molecule has 1 N–H and O–H groups in total. The average molecular weight is 252 g/mol. The largest absolute Gasteiger partial charge is 0.390 e. The number of aliphatic hydroxyl groups excluding tert-OH is 1. The van der Waals surface area contributed by atoms with Crippen molar-refractivity contribution in [1.29, 1.82) is 0 Å². The summed E-state index contributed by atoms with van der Waals surface area (Å²) < 4.78 is 6.91. The molecular formula is C13H20N2O3. The van der Waals surface area contributed by atoms with Gasteiger partial charge in [0.15, 0.2) is 0 Å². The van der Waals surface area contributed by atoms with Crippen LogP contribution < -0.4 is 5.56 Å². The van der Waals surface area contributed by atoms with E-state index in [9.17, 15) is 4.79 Å². The van der Waals surface area contributed by atoms with Gasteiger partial charge in [0.2, 0.25) is 0 Å². The van der Waals surface area contributed by atoms with Crippen LogP contribution in [0.25, 0.3) is 0 Å². The Balaban J connectivity index is 2.13. The minimum absolute atomic E-state index is 0.0339. The number of aromatic nitrogens is 2. The molecule has 0 aromatic carbocycles. The van der Waals surface area contributed by atoms with Gasteiger partial charge in [0.1, 0.15) is 0 Å². The van der Waals surface area contributed by atoms with E-state index in [1.54, 1.807) is 13.2 Å². The third kappa shape index (κ3) is 2.97. The summed E-state index contributed by atoms with van der Waals surface area (Å²) in [6, 6.07) is 3.00. The third-order valence-electron chi connectivity index (χ3n) is 3.67. The Morgan fingerprint density at radius 1 is 1.50 bits per heavy atom. The highest BCUT2D eigenvalue weighted by Gasteiger charge is 2.25. The number of aliphatic hydroxyl groups is 1. The minimum atomic E-state index is -0.151. The molecule has 5 heteroatoms. The topological polar surface area (TPSA) is 64.3 Å². The van der Waals surface area contributed by atoms with E-state index in [1.807, 2.05) is 0 Å². The fourth-order valence-electron chi connectivity index (χ4n) is 2.62. The summed E-state index contributed by atoms with van der Waals surface area (Å²) in [5, 5.41) is 13.2. The van der Waals surface area contributed by atoms with Gasteiger partial charge in [-0.05, 0) is 24.8 Å². The molecule has 1 saturated carbocycles. The maximum absolute atomic E-state index is 11.7. The van der Waals surface area contributed by atoms with Crippen LogP contribution in [-0.4, -0.2) is 28.1 Å². The summed E-state index contributed by atoms with van der Waals surface area (Å²) in [5.41, 5.74) is 0.364. The molecule has 1 aromatic heterocycles. The molecule has 1 aliphatic carbocycles. The van der Waals surface area contributed by atoms with Gasteiger partial charge in [-0.25, -0.2) is 4.68 Å². The number of ether oxygens (including phenoxy) is 1. The SMILES string of the molecule is COC(Cn1nc(CO)ccc1=O)C1CCCC1. The highest BCUT2D eigenvalue weighted by molar-refractivity contribution is 4.98. The Morgan fingerprint density at radius 3 is 2.83 bits per heavy atom. The fraction of sp³-hybridized carbons (Fsp3) is 0.692. The molecule has 1 aliphatic rings. The number of methoxy groups -OCH3 is 1. The first-order chi connectivity index (χ1) is 8.74. The molecule has 0 spiro atoms. The highest BCUT2D eigenvalue weighted by Crippen LogP contribution is 2.29. The zero-order chi connectivity index (χ0) is 13.0. The van der Waals surface area contributed by atoms with E-state index in [0.29, 0.717) is 18.2 Å². The van der Waals surface area contributed by atoms with Crippen LogP contribution in [-0.2, 0) is 17.9 Å².